The molecule has 0 saturated carbocycles. The molecular weight excluding hydrogens is 785 g/mol. The molecule has 5 N–H and O–H groups in total. The number of esters is 1. The summed E-state index contributed by atoms with van der Waals surface area (Å²) in [6, 6.07) is 0. The van der Waals surface area contributed by atoms with Gasteiger partial charge in [0.15, 0.2) is 5.75 Å². The van der Waals surface area contributed by atoms with Crippen molar-refractivity contribution in [3.63, 3.8) is 0 Å². The van der Waals surface area contributed by atoms with E-state index in [9.17, 15) is 34.8 Å². The third-order valence-electron chi connectivity index (χ3n) is 12.9. The van der Waals surface area contributed by atoms with Gasteiger partial charge in [-0.1, -0.05) is 59.8 Å². The Morgan fingerprint density at radius 1 is 0.984 bits per heavy atom. The maximum absolute atomic E-state index is 14.7. The van der Waals surface area contributed by atoms with Gasteiger partial charge in [-0.15, -0.1) is 0 Å². The molecule has 1 saturated heterocycles. The van der Waals surface area contributed by atoms with Crippen molar-refractivity contribution in [3.05, 3.63) is 58.0 Å². The van der Waals surface area contributed by atoms with Gasteiger partial charge in [-0.25, -0.2) is 4.99 Å². The molecule has 4 aliphatic rings. The first-order valence-electron chi connectivity index (χ1n) is 21.2. The second-order valence-corrected chi connectivity index (χ2v) is 18.0. The Morgan fingerprint density at radius 3 is 2.28 bits per heavy atom. The van der Waals surface area contributed by atoms with Crippen molar-refractivity contribution < 1.29 is 53.8 Å². The number of carbonyl (C=O) groups is 3. The van der Waals surface area contributed by atoms with Crippen LogP contribution >= 0.6 is 0 Å². The third-order valence-corrected chi connectivity index (χ3v) is 12.9. The van der Waals surface area contributed by atoms with E-state index in [1.807, 2.05) is 0 Å². The molecule has 2 aromatic rings. The molecule has 4 heterocycles. The van der Waals surface area contributed by atoms with Crippen molar-refractivity contribution in [2.24, 2.45) is 39.6 Å². The number of hydrogen-bond acceptors (Lipinski definition) is 14. The van der Waals surface area contributed by atoms with Crippen LogP contribution in [0, 0.1) is 36.5 Å². The fourth-order valence-corrected chi connectivity index (χ4v) is 9.24. The second kappa shape index (κ2) is 17.5. The predicted octanol–water partition coefficient (Wildman–Crippen LogP) is 4.75. The highest BCUT2D eigenvalue weighted by molar-refractivity contribution is 6.21. The van der Waals surface area contributed by atoms with Crippen molar-refractivity contribution >= 4 is 34.1 Å². The number of fused-ring (bicyclic) bond motifs is 1. The number of phenols is 2. The zero-order valence-electron chi connectivity index (χ0n) is 37.1. The first-order valence-corrected chi connectivity index (χ1v) is 21.2. The van der Waals surface area contributed by atoms with Gasteiger partial charge in [0.25, 0.3) is 11.7 Å². The number of aliphatic hydroxyl groups excluding tert-OH is 2. The van der Waals surface area contributed by atoms with Crippen molar-refractivity contribution in [2.45, 2.75) is 118 Å². The lowest BCUT2D eigenvalue weighted by Crippen LogP contribution is -2.47. The maximum Gasteiger partial charge on any atom is 0.312 e. The highest BCUT2D eigenvalue weighted by Gasteiger charge is 2.51. The summed E-state index contributed by atoms with van der Waals surface area (Å²) in [6.45, 7) is 19.6. The Morgan fingerprint density at radius 2 is 1.66 bits per heavy atom. The molecule has 15 heteroatoms. The van der Waals surface area contributed by atoms with Crippen LogP contribution in [-0.4, -0.2) is 106 Å². The van der Waals surface area contributed by atoms with Crippen LogP contribution in [0.3, 0.4) is 0 Å². The normalized spacial score (nSPS) is 32.1. The summed E-state index contributed by atoms with van der Waals surface area (Å²) < 4.78 is 24.0. The zero-order chi connectivity index (χ0) is 44.9. The van der Waals surface area contributed by atoms with Gasteiger partial charge in [0, 0.05) is 93.6 Å². The molecule has 332 valence electrons. The summed E-state index contributed by atoms with van der Waals surface area (Å²) in [6.07, 6.45) is 5.07. The standard InChI is InChI=1S/C46H62N4O11/c1-22(2)21-50-18-16-46(17-19-50)48-34-31-32-39(54)28(8)42-33(31)43(56)45(10,61-42)59-20-15-30(58-11)25(5)41(60-29(9)51)27(7)38(53)26(6)37(52)23(3)13-12-14-24(4)44(57)47-36(40(32)55)35(34)49-46/h12-15,20,22-23,25-27,30,37-38,41,48,52-55H,16-19,21H2,1-11H3/b13-12?,20-15-,24-14-,47-36?. The Balaban J connectivity index is 1.55. The molecule has 4 aliphatic heterocycles. The lowest BCUT2D eigenvalue weighted by atomic mass is 9.78. The molecule has 9 unspecified atom stereocenters. The number of amides is 1. The van der Waals surface area contributed by atoms with Crippen molar-refractivity contribution in [1.82, 2.24) is 4.90 Å². The number of rotatable bonds is 4. The fraction of sp³-hybridized carbons (Fsp3) is 0.587. The lowest BCUT2D eigenvalue weighted by Gasteiger charge is -2.38. The Labute approximate surface area is 356 Å². The van der Waals surface area contributed by atoms with Crippen molar-refractivity contribution in [3.8, 4) is 17.2 Å². The number of hydrogen-bond donors (Lipinski definition) is 5. The summed E-state index contributed by atoms with van der Waals surface area (Å²) in [5.41, 5.74) is -0.111. The number of ether oxygens (including phenoxy) is 4. The van der Waals surface area contributed by atoms with Gasteiger partial charge in [-0.3, -0.25) is 19.4 Å². The Hall–Kier alpha value is -4.83. The molecule has 61 heavy (non-hydrogen) atoms. The minimum atomic E-state index is -1.95. The minimum Gasteiger partial charge on any atom is -0.507 e. The van der Waals surface area contributed by atoms with Crippen LogP contribution in [0.1, 0.15) is 91.1 Å². The predicted molar refractivity (Wildman–Crippen MR) is 228 cm³/mol. The van der Waals surface area contributed by atoms with E-state index in [4.69, 9.17) is 23.9 Å². The van der Waals surface area contributed by atoms with E-state index >= 15 is 0 Å². The molecule has 1 amide bonds. The van der Waals surface area contributed by atoms with Gasteiger partial charge in [0.05, 0.1) is 41.2 Å². The first-order chi connectivity index (χ1) is 28.6. The van der Waals surface area contributed by atoms with E-state index in [0.717, 1.165) is 19.6 Å². The molecule has 15 nitrogen and oxygen atoms in total. The van der Waals surface area contributed by atoms with E-state index in [0.29, 0.717) is 24.4 Å². The van der Waals surface area contributed by atoms with Crippen molar-refractivity contribution in [1.29, 1.82) is 0 Å². The number of allylic oxidation sites excluding steroid dienone is 2. The van der Waals surface area contributed by atoms with Crippen LogP contribution in [0.2, 0.25) is 0 Å². The number of nitrogens with zero attached hydrogens (tertiary/aromatic N) is 3. The number of ketones is 1. The van der Waals surface area contributed by atoms with Crippen LogP contribution in [0.5, 0.6) is 17.2 Å². The summed E-state index contributed by atoms with van der Waals surface area (Å²) in [7, 11) is 1.47. The van der Waals surface area contributed by atoms with Crippen molar-refractivity contribution in [2.75, 3.05) is 32.1 Å². The fourth-order valence-electron chi connectivity index (χ4n) is 9.24. The van der Waals surface area contributed by atoms with Crippen LogP contribution in [0.4, 0.5) is 5.69 Å². The Bertz CT molecular complexity index is 2300. The molecule has 2 aromatic carbocycles. The number of aliphatic hydroxyl groups is 2. The van der Waals surface area contributed by atoms with Crippen LogP contribution < -0.4 is 20.8 Å². The molecule has 6 rings (SSSR count). The van der Waals surface area contributed by atoms with Gasteiger partial charge >= 0.3 is 11.8 Å². The Kier molecular flexibility index (Phi) is 13.1. The number of piperidine rings is 1. The lowest BCUT2D eigenvalue weighted by molar-refractivity contribution is -0.160. The van der Waals surface area contributed by atoms with E-state index < -0.39 is 82.9 Å². The van der Waals surface area contributed by atoms with Gasteiger partial charge < -0.3 is 49.6 Å². The molecule has 4 bridgehead atoms. The topological polar surface area (TPSA) is 209 Å². The first kappa shape index (κ1) is 45.7. The average molecular weight is 847 g/mol. The SMILES string of the molecule is COC1/C=C\OC2(C)Oc3c(C)c(O)c4c(O)c(c5c(c4c3C2=O)NC2(CCN(CC(C)C)CC2)N=5)=NC(=O)/C(C)=C\C=CC(C)C(O)C(C)C(O)C(C)C(OC(C)=O)C1C. The number of carbonyl (C=O) groups excluding carboxylic acids is 3. The smallest absolute Gasteiger partial charge is 0.312 e. The maximum atomic E-state index is 14.7. The summed E-state index contributed by atoms with van der Waals surface area (Å²) in [5, 5.41) is 50.5. The minimum absolute atomic E-state index is 0.0538. The molecule has 0 aliphatic carbocycles. The largest absolute Gasteiger partial charge is 0.507 e. The van der Waals surface area contributed by atoms with Gasteiger partial charge in [0.1, 0.15) is 34.0 Å². The molecular formula is C46H62N4O11. The summed E-state index contributed by atoms with van der Waals surface area (Å²) in [4.78, 5) is 52.9. The number of Topliss-reactive ketones (excluding diaryl/α,β-unsaturated/α-hetero) is 1. The third kappa shape index (κ3) is 8.54. The molecule has 1 spiro atoms. The van der Waals surface area contributed by atoms with Gasteiger partial charge in [-0.2, -0.15) is 0 Å². The summed E-state index contributed by atoms with van der Waals surface area (Å²) in [5.74, 6) is -6.57. The number of benzene rings is 2. The summed E-state index contributed by atoms with van der Waals surface area (Å²) >= 11 is 0. The van der Waals surface area contributed by atoms with Crippen LogP contribution in [0.25, 0.3) is 10.8 Å². The van der Waals surface area contributed by atoms with Crippen LogP contribution in [0.15, 0.2) is 46.1 Å². The number of likely N-dealkylation sites (tertiary alicyclic amines) is 1. The molecule has 9 atom stereocenters. The van der Waals surface area contributed by atoms with E-state index in [1.165, 1.54) is 27.2 Å². The number of methoxy groups -OCH3 is 1. The average Bonchev–Trinajstić information content (AvgIpc) is 3.71. The monoisotopic (exact) mass is 846 g/mol. The van der Waals surface area contributed by atoms with Crippen LogP contribution in [-0.2, 0) is 23.8 Å². The zero-order valence-corrected chi connectivity index (χ0v) is 37.1. The number of phenolic OH excluding ortho intramolecular Hbond substituents is 2. The second-order valence-electron chi connectivity index (χ2n) is 18.0. The number of aromatic hydroxyl groups is 2. The van der Waals surface area contributed by atoms with Gasteiger partial charge in [0.2, 0.25) is 0 Å². The van der Waals surface area contributed by atoms with Gasteiger partial charge in [-0.05, 0) is 25.8 Å². The molecule has 0 aromatic heterocycles. The highest BCUT2D eigenvalue weighted by Crippen LogP contribution is 2.51. The molecule has 0 radical (unpaired) electrons. The van der Waals surface area contributed by atoms with E-state index in [-0.39, 0.29) is 49.7 Å². The quantitative estimate of drug-likeness (QED) is 0.208. The number of anilines is 1. The molecule has 1 fully saturated rings. The highest BCUT2D eigenvalue weighted by atomic mass is 16.7. The number of nitrogens with one attached hydrogen (secondary N) is 1. The van der Waals surface area contributed by atoms with E-state index in [1.54, 1.807) is 65.8 Å². The van der Waals surface area contributed by atoms with E-state index in [2.05, 4.69) is 29.1 Å².